The van der Waals surface area contributed by atoms with Crippen LogP contribution in [-0.4, -0.2) is 62.7 Å². The van der Waals surface area contributed by atoms with Crippen molar-refractivity contribution < 1.29 is 19.1 Å². The van der Waals surface area contributed by atoms with Crippen molar-refractivity contribution in [3.05, 3.63) is 29.8 Å². The van der Waals surface area contributed by atoms with Gasteiger partial charge >= 0.3 is 0 Å². The van der Waals surface area contributed by atoms with Crippen molar-refractivity contribution in [1.82, 2.24) is 16.0 Å². The van der Waals surface area contributed by atoms with Crippen LogP contribution < -0.4 is 16.0 Å². The molecule has 0 aromatic heterocycles. The van der Waals surface area contributed by atoms with E-state index in [1.54, 1.807) is 21.6 Å². The second-order valence-corrected chi connectivity index (χ2v) is 10.7. The van der Waals surface area contributed by atoms with E-state index in [0.717, 1.165) is 24.3 Å². The number of nitrogens with one attached hydrogen (secondary N) is 3. The average Bonchev–Trinajstić information content (AvgIpc) is 2.86. The smallest absolute Gasteiger partial charge is 0.251 e. The van der Waals surface area contributed by atoms with Gasteiger partial charge in [0.15, 0.2) is 0 Å². The zero-order chi connectivity index (χ0) is 25.9. The van der Waals surface area contributed by atoms with E-state index in [9.17, 15) is 9.59 Å². The number of benzene rings is 1. The van der Waals surface area contributed by atoms with E-state index >= 15 is 0 Å². The Balaban J connectivity index is 2.22. The summed E-state index contributed by atoms with van der Waals surface area (Å²) >= 11 is 0. The fourth-order valence-corrected chi connectivity index (χ4v) is 4.90. The Hall–Kier alpha value is -1.70. The molecule has 2 atom stereocenters. The predicted octanol–water partition coefficient (Wildman–Crippen LogP) is 4.09. The molecule has 0 heterocycles. The first-order chi connectivity index (χ1) is 16.8. The van der Waals surface area contributed by atoms with Crippen LogP contribution in [0.1, 0.15) is 57.8 Å². The number of carbonyl (C=O) groups is 2. The molecular formula is C26H41N3O4S2. The van der Waals surface area contributed by atoms with Gasteiger partial charge in [0.1, 0.15) is 12.0 Å². The first kappa shape index (κ1) is 31.3. The van der Waals surface area contributed by atoms with Crippen LogP contribution in [0, 0.1) is 17.8 Å². The fourth-order valence-electron chi connectivity index (χ4n) is 2.58. The summed E-state index contributed by atoms with van der Waals surface area (Å²) in [6, 6.07) is 8.04. The molecule has 1 rings (SSSR count). The van der Waals surface area contributed by atoms with Crippen LogP contribution in [0.25, 0.3) is 0 Å². The molecule has 1 aromatic carbocycles. The van der Waals surface area contributed by atoms with Gasteiger partial charge in [0.25, 0.3) is 5.91 Å². The molecule has 0 radical (unpaired) electrons. The number of rotatable bonds is 17. The normalized spacial score (nSPS) is 12.5. The number of amides is 2. The first-order valence-corrected chi connectivity index (χ1v) is 14.5. The van der Waals surface area contributed by atoms with Crippen molar-refractivity contribution in [2.75, 3.05) is 39.5 Å². The van der Waals surface area contributed by atoms with Gasteiger partial charge in [-0.05, 0) is 44.0 Å². The molecule has 0 saturated heterocycles. The molecule has 196 valence electrons. The van der Waals surface area contributed by atoms with Crippen molar-refractivity contribution in [2.24, 2.45) is 5.92 Å². The molecule has 2 unspecified atom stereocenters. The predicted molar refractivity (Wildman–Crippen MR) is 146 cm³/mol. The monoisotopic (exact) mass is 523 g/mol. The van der Waals surface area contributed by atoms with Gasteiger partial charge in [-0.1, -0.05) is 61.1 Å². The largest absolute Gasteiger partial charge is 0.369 e. The molecule has 7 nitrogen and oxygen atoms in total. The summed E-state index contributed by atoms with van der Waals surface area (Å²) in [4.78, 5) is 25.0. The molecule has 3 N–H and O–H groups in total. The molecule has 0 spiro atoms. The average molecular weight is 524 g/mol. The Morgan fingerprint density at radius 2 is 1.74 bits per heavy atom. The Morgan fingerprint density at radius 3 is 2.40 bits per heavy atom. The van der Waals surface area contributed by atoms with Crippen molar-refractivity contribution >= 4 is 33.4 Å². The minimum Gasteiger partial charge on any atom is -0.369 e. The number of hydrogen-bond acceptors (Lipinski definition) is 7. The summed E-state index contributed by atoms with van der Waals surface area (Å²) in [6.45, 7) is 12.8. The first-order valence-electron chi connectivity index (χ1n) is 12.2. The van der Waals surface area contributed by atoms with E-state index in [1.165, 1.54) is 0 Å². The zero-order valence-electron chi connectivity index (χ0n) is 21.6. The summed E-state index contributed by atoms with van der Waals surface area (Å²) < 4.78 is 11.2. The summed E-state index contributed by atoms with van der Waals surface area (Å²) in [6.07, 6.45) is 1.91. The third kappa shape index (κ3) is 15.8. The van der Waals surface area contributed by atoms with Gasteiger partial charge in [-0.25, -0.2) is 0 Å². The fraction of sp³-hybridized carbons (Fsp3) is 0.615. The maximum absolute atomic E-state index is 12.3. The van der Waals surface area contributed by atoms with E-state index in [1.807, 2.05) is 38.1 Å². The van der Waals surface area contributed by atoms with Gasteiger partial charge in [-0.3, -0.25) is 9.59 Å². The minimum absolute atomic E-state index is 0.000294. The third-order valence-electron chi connectivity index (χ3n) is 4.75. The summed E-state index contributed by atoms with van der Waals surface area (Å²) in [5, 5.41) is 9.00. The molecule has 9 heteroatoms. The van der Waals surface area contributed by atoms with Crippen LogP contribution in [0.15, 0.2) is 29.2 Å². The molecule has 0 aliphatic heterocycles. The number of ether oxygens (including phenoxy) is 2. The molecular weight excluding hydrogens is 482 g/mol. The summed E-state index contributed by atoms with van der Waals surface area (Å²) in [5.41, 5.74) is 0.657. The highest BCUT2D eigenvalue weighted by molar-refractivity contribution is 8.76. The number of hydrogen-bond donors (Lipinski definition) is 3. The second kappa shape index (κ2) is 19.5. The van der Waals surface area contributed by atoms with Crippen LogP contribution in [0.5, 0.6) is 0 Å². The minimum atomic E-state index is -0.181. The van der Waals surface area contributed by atoms with E-state index in [-0.39, 0.29) is 23.9 Å². The molecule has 35 heavy (non-hydrogen) atoms. The highest BCUT2D eigenvalue weighted by Gasteiger charge is 2.10. The van der Waals surface area contributed by atoms with Crippen molar-refractivity contribution in [3.8, 4) is 11.8 Å². The van der Waals surface area contributed by atoms with Crippen molar-refractivity contribution in [2.45, 2.75) is 63.8 Å². The summed E-state index contributed by atoms with van der Waals surface area (Å²) in [7, 11) is 3.24. The van der Waals surface area contributed by atoms with Gasteiger partial charge in [0.05, 0.1) is 19.8 Å². The van der Waals surface area contributed by atoms with E-state index in [4.69, 9.17) is 9.47 Å². The quantitative estimate of drug-likeness (QED) is 0.123. The summed E-state index contributed by atoms with van der Waals surface area (Å²) in [5.74, 6) is 5.94. The standard InChI is InChI=1S/C26H41N3O4S2/c1-6-21(5)27-15-16-29-26(31)22-10-12-23(13-11-22)34-35-25(7-2)33-18-17-32-19-24(30)28-14-8-9-20(3)4/h10-13,20-21,25,27H,6-7,14-19H2,1-5H3,(H,28,30)(H,29,31). The van der Waals surface area contributed by atoms with E-state index < -0.39 is 0 Å². The van der Waals surface area contributed by atoms with Gasteiger partial charge < -0.3 is 25.4 Å². The SMILES string of the molecule is CCC(C)NCCNC(=O)c1ccc(SSC(CC)OCCOCC(=O)NCC#CC(C)C)cc1. The lowest BCUT2D eigenvalue weighted by atomic mass is 10.2. The van der Waals surface area contributed by atoms with Crippen molar-refractivity contribution in [3.63, 3.8) is 0 Å². The Morgan fingerprint density at radius 1 is 1.00 bits per heavy atom. The highest BCUT2D eigenvalue weighted by Crippen LogP contribution is 2.36. The molecule has 2 amide bonds. The van der Waals surface area contributed by atoms with Crippen LogP contribution >= 0.6 is 21.6 Å². The lowest BCUT2D eigenvalue weighted by molar-refractivity contribution is -0.126. The Labute approximate surface area is 219 Å². The lowest BCUT2D eigenvalue weighted by Crippen LogP contribution is -2.35. The van der Waals surface area contributed by atoms with Gasteiger partial charge in [0, 0.05) is 35.5 Å². The second-order valence-electron chi connectivity index (χ2n) is 8.24. The molecule has 0 saturated carbocycles. The topological polar surface area (TPSA) is 88.7 Å². The van der Waals surface area contributed by atoms with Crippen LogP contribution in [0.3, 0.4) is 0 Å². The van der Waals surface area contributed by atoms with Gasteiger partial charge in [-0.2, -0.15) is 0 Å². The zero-order valence-corrected chi connectivity index (χ0v) is 23.3. The molecule has 0 bridgehead atoms. The maximum atomic E-state index is 12.3. The van der Waals surface area contributed by atoms with Crippen molar-refractivity contribution in [1.29, 1.82) is 0 Å². The number of carbonyl (C=O) groups excluding carboxylic acids is 2. The maximum Gasteiger partial charge on any atom is 0.251 e. The Kier molecular flexibility index (Phi) is 17.4. The van der Waals surface area contributed by atoms with E-state index in [2.05, 4.69) is 48.6 Å². The van der Waals surface area contributed by atoms with Crippen LogP contribution in [0.2, 0.25) is 0 Å². The van der Waals surface area contributed by atoms with Crippen LogP contribution in [0.4, 0.5) is 0 Å². The van der Waals surface area contributed by atoms with Crippen LogP contribution in [-0.2, 0) is 14.3 Å². The molecule has 0 aliphatic carbocycles. The van der Waals surface area contributed by atoms with Gasteiger partial charge in [0.2, 0.25) is 5.91 Å². The van der Waals surface area contributed by atoms with Gasteiger partial charge in [-0.15, -0.1) is 0 Å². The third-order valence-corrected chi connectivity index (χ3v) is 7.50. The molecule has 0 fully saturated rings. The lowest BCUT2D eigenvalue weighted by Gasteiger charge is -2.15. The Bertz CT molecular complexity index is 794. The highest BCUT2D eigenvalue weighted by atomic mass is 33.1. The molecule has 1 aromatic rings. The molecule has 0 aliphatic rings. The van der Waals surface area contributed by atoms with E-state index in [0.29, 0.717) is 43.8 Å².